The molecule has 1 N–H and O–H groups in total. The highest BCUT2D eigenvalue weighted by Gasteiger charge is 2.09. The van der Waals surface area contributed by atoms with Gasteiger partial charge in [-0.15, -0.1) is 0 Å². The van der Waals surface area contributed by atoms with E-state index in [1.807, 2.05) is 0 Å². The minimum absolute atomic E-state index is 0.824. The van der Waals surface area contributed by atoms with Crippen LogP contribution in [0.4, 0.5) is 0 Å². The van der Waals surface area contributed by atoms with E-state index in [1.54, 1.807) is 0 Å². The number of ketones is 1. The van der Waals surface area contributed by atoms with E-state index in [1.165, 1.54) is 12.2 Å². The van der Waals surface area contributed by atoms with Crippen molar-refractivity contribution in [2.24, 2.45) is 0 Å². The van der Waals surface area contributed by atoms with Crippen molar-refractivity contribution >= 4 is 23.5 Å². The van der Waals surface area contributed by atoms with Crippen LogP contribution in [0, 0.1) is 0 Å². The zero-order valence-corrected chi connectivity index (χ0v) is 7.48. The van der Waals surface area contributed by atoms with Crippen LogP contribution in [-0.4, -0.2) is 27.9 Å². The van der Waals surface area contributed by atoms with Crippen molar-refractivity contribution in [1.29, 1.82) is 0 Å². The summed E-state index contributed by atoms with van der Waals surface area (Å²) < 4.78 is 0. The predicted molar refractivity (Wildman–Crippen MR) is 44.9 cm³/mol. The lowest BCUT2D eigenvalue weighted by Crippen LogP contribution is -2.09. The third-order valence-electron chi connectivity index (χ3n) is 1.23. The molecule has 1 rings (SSSR count). The van der Waals surface area contributed by atoms with Gasteiger partial charge in [0, 0.05) is 12.2 Å². The van der Waals surface area contributed by atoms with Gasteiger partial charge in [0.25, 0.3) is 0 Å². The second-order valence-electron chi connectivity index (χ2n) is 2.33. The summed E-state index contributed by atoms with van der Waals surface area (Å²) in [4.78, 5) is 18.9. The molecule has 1 heterocycles. The fraction of sp³-hybridized carbons (Fsp3) is 0.714. The van der Waals surface area contributed by atoms with Crippen molar-refractivity contribution in [3.63, 3.8) is 0 Å². The summed E-state index contributed by atoms with van der Waals surface area (Å²) in [6.07, 6.45) is 1.45. The number of carboxylic acid groups (broad SMARTS) is 1. The van der Waals surface area contributed by atoms with E-state index in [9.17, 15) is 9.59 Å². The van der Waals surface area contributed by atoms with Gasteiger partial charge in [0.05, 0.1) is 0 Å². The molecule has 0 aromatic rings. The molecule has 0 aromatic carbocycles. The molecule has 1 aliphatic rings. The van der Waals surface area contributed by atoms with Gasteiger partial charge in [-0.3, -0.25) is 4.79 Å². The normalized spacial score (nSPS) is 20.7. The molecule has 0 aliphatic carbocycles. The van der Waals surface area contributed by atoms with E-state index >= 15 is 0 Å². The van der Waals surface area contributed by atoms with Crippen LogP contribution in [0.15, 0.2) is 0 Å². The molecule has 0 bridgehead atoms. The molecule has 0 saturated carbocycles. The molecule has 1 atom stereocenters. The first-order valence-electron chi connectivity index (χ1n) is 3.39. The third kappa shape index (κ3) is 5.91. The Balaban J connectivity index is 0.000000183. The Bertz CT molecular complexity index is 140. The molecule has 1 fully saturated rings. The molecular formula is C7H12O3S. The number of hydrogen-bond donors (Lipinski definition) is 1. The molecule has 64 valence electrons. The first-order chi connectivity index (χ1) is 5.04. The molecule has 1 saturated heterocycles. The summed E-state index contributed by atoms with van der Waals surface area (Å²) in [5, 5.41) is 8.62. The van der Waals surface area contributed by atoms with E-state index in [0.717, 1.165) is 12.2 Å². The number of carboxylic acids is 1. The number of thioether (sulfide) groups is 1. The maximum absolute atomic E-state index is 9.54. The highest BCUT2D eigenvalue weighted by atomic mass is 32.2. The van der Waals surface area contributed by atoms with Gasteiger partial charge in [-0.1, -0.05) is 6.92 Å². The van der Waals surface area contributed by atoms with E-state index in [-0.39, 0.29) is 0 Å². The van der Waals surface area contributed by atoms with Gasteiger partial charge in [-0.25, -0.2) is 4.79 Å². The van der Waals surface area contributed by atoms with Crippen molar-refractivity contribution in [3.8, 4) is 0 Å². The fourth-order valence-electron chi connectivity index (χ4n) is 0.354. The topological polar surface area (TPSA) is 54.4 Å². The lowest BCUT2D eigenvalue weighted by molar-refractivity contribution is -0.148. The van der Waals surface area contributed by atoms with Crippen molar-refractivity contribution in [1.82, 2.24) is 0 Å². The zero-order chi connectivity index (χ0) is 8.85. The van der Waals surface area contributed by atoms with Crippen LogP contribution in [-0.2, 0) is 9.59 Å². The standard InChI is InChI=1S/C4H8S.C3H4O3/c1-4-2-3-5-4;1-2(4)3(5)6/h4H,2-3H2,1H3;1H3,(H,5,6). The minimum atomic E-state index is -1.38. The van der Waals surface area contributed by atoms with Gasteiger partial charge in [0.15, 0.2) is 0 Å². The number of rotatable bonds is 1. The summed E-state index contributed by atoms with van der Waals surface area (Å²) in [6, 6.07) is 0. The Morgan fingerprint density at radius 3 is 1.82 bits per heavy atom. The van der Waals surface area contributed by atoms with Crippen LogP contribution in [0.1, 0.15) is 20.3 Å². The van der Waals surface area contributed by atoms with Crippen LogP contribution in [0.25, 0.3) is 0 Å². The van der Waals surface area contributed by atoms with Gasteiger partial charge < -0.3 is 5.11 Å². The Morgan fingerprint density at radius 2 is 1.82 bits per heavy atom. The second-order valence-corrected chi connectivity index (χ2v) is 3.88. The molecule has 0 radical (unpaired) electrons. The van der Waals surface area contributed by atoms with Crippen molar-refractivity contribution in [2.75, 3.05) is 5.75 Å². The highest BCUT2D eigenvalue weighted by Crippen LogP contribution is 2.25. The Hall–Kier alpha value is -0.510. The van der Waals surface area contributed by atoms with Gasteiger partial charge in [-0.2, -0.15) is 11.8 Å². The number of Topliss-reactive ketones (excluding diaryl/α,β-unsaturated/α-hetero) is 1. The lowest BCUT2D eigenvalue weighted by Gasteiger charge is -2.18. The maximum Gasteiger partial charge on any atom is 0.371 e. The lowest BCUT2D eigenvalue weighted by atomic mass is 10.3. The zero-order valence-electron chi connectivity index (χ0n) is 6.66. The molecule has 0 amide bonds. The van der Waals surface area contributed by atoms with Crippen molar-refractivity contribution in [3.05, 3.63) is 0 Å². The average Bonchev–Trinajstić information content (AvgIpc) is 1.85. The van der Waals surface area contributed by atoms with Gasteiger partial charge in [-0.05, 0) is 12.2 Å². The van der Waals surface area contributed by atoms with Crippen LogP contribution in [0.2, 0.25) is 0 Å². The van der Waals surface area contributed by atoms with Gasteiger partial charge in [0.1, 0.15) is 0 Å². The molecule has 11 heavy (non-hydrogen) atoms. The Kier molecular flexibility index (Phi) is 4.94. The number of carbonyl (C=O) groups is 2. The molecule has 1 unspecified atom stereocenters. The van der Waals surface area contributed by atoms with Crippen LogP contribution < -0.4 is 0 Å². The van der Waals surface area contributed by atoms with E-state index in [0.29, 0.717) is 0 Å². The summed E-state index contributed by atoms with van der Waals surface area (Å²) in [5.41, 5.74) is 0. The fourth-order valence-corrected chi connectivity index (χ4v) is 1.06. The second kappa shape index (κ2) is 5.18. The molecule has 3 nitrogen and oxygen atoms in total. The Morgan fingerprint density at radius 1 is 1.55 bits per heavy atom. The van der Waals surface area contributed by atoms with Crippen LogP contribution in [0.5, 0.6) is 0 Å². The quantitative estimate of drug-likeness (QED) is 0.609. The average molecular weight is 176 g/mol. The minimum Gasteiger partial charge on any atom is -0.476 e. The van der Waals surface area contributed by atoms with E-state index < -0.39 is 11.8 Å². The summed E-state index contributed by atoms with van der Waals surface area (Å²) >= 11 is 2.06. The maximum atomic E-state index is 9.54. The molecule has 0 aromatic heterocycles. The molecule has 4 heteroatoms. The summed E-state index contributed by atoms with van der Waals surface area (Å²) in [7, 11) is 0. The number of carbonyl (C=O) groups excluding carboxylic acids is 1. The van der Waals surface area contributed by atoms with Gasteiger partial charge >= 0.3 is 5.97 Å². The molecule has 0 spiro atoms. The highest BCUT2D eigenvalue weighted by molar-refractivity contribution is 8.01. The van der Waals surface area contributed by atoms with Crippen molar-refractivity contribution in [2.45, 2.75) is 25.5 Å². The van der Waals surface area contributed by atoms with Crippen molar-refractivity contribution < 1.29 is 14.7 Å². The number of hydrogen-bond acceptors (Lipinski definition) is 3. The first kappa shape index (κ1) is 10.5. The van der Waals surface area contributed by atoms with E-state index in [4.69, 9.17) is 5.11 Å². The van der Waals surface area contributed by atoms with Crippen LogP contribution >= 0.6 is 11.8 Å². The molecular weight excluding hydrogens is 164 g/mol. The first-order valence-corrected chi connectivity index (χ1v) is 4.44. The third-order valence-corrected chi connectivity index (χ3v) is 2.50. The summed E-state index contributed by atoms with van der Waals surface area (Å²) in [5.74, 6) is -0.800. The number of aliphatic carboxylic acids is 1. The monoisotopic (exact) mass is 176 g/mol. The van der Waals surface area contributed by atoms with Gasteiger partial charge in [0.2, 0.25) is 5.78 Å². The van der Waals surface area contributed by atoms with E-state index in [2.05, 4.69) is 18.7 Å². The van der Waals surface area contributed by atoms with Crippen LogP contribution in [0.3, 0.4) is 0 Å². The summed E-state index contributed by atoms with van der Waals surface area (Å²) in [6.45, 7) is 3.27. The molecule has 1 aliphatic heterocycles. The SMILES string of the molecule is CC(=O)C(=O)O.CC1CCS1. The smallest absolute Gasteiger partial charge is 0.371 e. The largest absolute Gasteiger partial charge is 0.476 e. The predicted octanol–water partition coefficient (Wildman–Crippen LogP) is 1.17. The Labute approximate surface area is 70.2 Å².